The summed E-state index contributed by atoms with van der Waals surface area (Å²) in [4.78, 5) is 27.9. The van der Waals surface area contributed by atoms with E-state index in [1.54, 1.807) is 0 Å². The van der Waals surface area contributed by atoms with Crippen LogP contribution in [0.25, 0.3) is 11.0 Å². The van der Waals surface area contributed by atoms with Gasteiger partial charge in [-0.15, -0.1) is 0 Å². The molecule has 7 heteroatoms. The number of aromatic amines is 1. The molecule has 0 radical (unpaired) electrons. The minimum Gasteiger partial charge on any atom is -0.378 e. The zero-order chi connectivity index (χ0) is 23.7. The van der Waals surface area contributed by atoms with Crippen molar-refractivity contribution in [3.05, 3.63) is 95.6 Å². The Labute approximate surface area is 198 Å². The van der Waals surface area contributed by atoms with Gasteiger partial charge in [0.1, 0.15) is 11.6 Å². The van der Waals surface area contributed by atoms with Crippen LogP contribution in [-0.2, 0) is 6.54 Å². The average molecular weight is 458 g/mol. The van der Waals surface area contributed by atoms with Crippen LogP contribution in [0.1, 0.15) is 27.8 Å². The van der Waals surface area contributed by atoms with Crippen LogP contribution in [0.15, 0.2) is 72.8 Å². The van der Waals surface area contributed by atoms with Gasteiger partial charge in [0.15, 0.2) is 0 Å². The second-order valence-corrected chi connectivity index (χ2v) is 8.94. The number of carbonyl (C=O) groups excluding carboxylic acids is 1. The molecule has 5 rings (SSSR count). The Morgan fingerprint density at radius 2 is 1.76 bits per heavy atom. The lowest BCUT2D eigenvalue weighted by molar-refractivity contribution is 0.0440. The summed E-state index contributed by atoms with van der Waals surface area (Å²) in [5.74, 6) is 0.616. The molecule has 1 amide bonds. The highest BCUT2D eigenvalue weighted by molar-refractivity contribution is 5.94. The number of halogens is 1. The third-order valence-corrected chi connectivity index (χ3v) is 6.43. The molecule has 4 aromatic rings. The van der Waals surface area contributed by atoms with Gasteiger partial charge in [-0.25, -0.2) is 9.37 Å². The van der Waals surface area contributed by atoms with Crippen molar-refractivity contribution in [3.8, 4) is 0 Å². The summed E-state index contributed by atoms with van der Waals surface area (Å²) in [7, 11) is 3.96. The van der Waals surface area contributed by atoms with Crippen molar-refractivity contribution < 1.29 is 9.18 Å². The Kier molecular flexibility index (Phi) is 6.02. The minimum atomic E-state index is -0.242. The number of nitrogens with zero attached hydrogens (tertiary/aromatic N) is 4. The number of rotatable bonds is 5. The summed E-state index contributed by atoms with van der Waals surface area (Å²) in [6.45, 7) is 2.49. The van der Waals surface area contributed by atoms with E-state index in [0.717, 1.165) is 28.1 Å². The maximum Gasteiger partial charge on any atom is 0.253 e. The third-order valence-electron chi connectivity index (χ3n) is 6.43. The van der Waals surface area contributed by atoms with Gasteiger partial charge < -0.3 is 14.8 Å². The van der Waals surface area contributed by atoms with Gasteiger partial charge in [-0.2, -0.15) is 0 Å². The van der Waals surface area contributed by atoms with Crippen molar-refractivity contribution in [2.24, 2.45) is 0 Å². The highest BCUT2D eigenvalue weighted by Crippen LogP contribution is 2.28. The SMILES string of the molecule is CN(C)c1ccc(C(=O)N2CCN(Cc3ccc(F)cc3)C(c3nc4ccccc4[nH]3)C2)cc1. The summed E-state index contributed by atoms with van der Waals surface area (Å²) >= 11 is 0. The standard InChI is InChI=1S/C27H28FN5O/c1-31(2)22-13-9-20(10-14-22)27(34)33-16-15-32(17-19-7-11-21(28)12-8-19)25(18-33)26-29-23-5-3-4-6-24(23)30-26/h3-14,25H,15-18H2,1-2H3,(H,29,30). The average Bonchev–Trinajstić information content (AvgIpc) is 3.29. The first-order valence-electron chi connectivity index (χ1n) is 11.5. The van der Waals surface area contributed by atoms with E-state index in [0.29, 0.717) is 31.7 Å². The summed E-state index contributed by atoms with van der Waals surface area (Å²) in [5.41, 5.74) is 4.65. The molecular formula is C27H28FN5O. The van der Waals surface area contributed by atoms with Crippen molar-refractivity contribution in [3.63, 3.8) is 0 Å². The fourth-order valence-electron chi connectivity index (χ4n) is 4.49. The molecule has 1 fully saturated rings. The number of H-pyrrole nitrogens is 1. The number of benzene rings is 3. The van der Waals surface area contributed by atoms with Crippen LogP contribution in [0.4, 0.5) is 10.1 Å². The third kappa shape index (κ3) is 4.52. The first-order chi connectivity index (χ1) is 16.5. The van der Waals surface area contributed by atoms with Crippen LogP contribution in [-0.4, -0.2) is 59.4 Å². The number of imidazole rings is 1. The molecule has 3 aromatic carbocycles. The predicted octanol–water partition coefficient (Wildman–Crippen LogP) is 4.47. The summed E-state index contributed by atoms with van der Waals surface area (Å²) in [5, 5.41) is 0. The number of piperazine rings is 1. The number of fused-ring (bicyclic) bond motifs is 1. The number of amides is 1. The molecular weight excluding hydrogens is 429 g/mol. The Morgan fingerprint density at radius 1 is 1.03 bits per heavy atom. The topological polar surface area (TPSA) is 55.5 Å². The van der Waals surface area contributed by atoms with Gasteiger partial charge in [0, 0.05) is 51.5 Å². The normalized spacial score (nSPS) is 16.7. The van der Waals surface area contributed by atoms with E-state index in [9.17, 15) is 9.18 Å². The van der Waals surface area contributed by atoms with Crippen molar-refractivity contribution >= 4 is 22.6 Å². The van der Waals surface area contributed by atoms with Crippen molar-refractivity contribution in [2.75, 3.05) is 38.6 Å². The fourth-order valence-corrected chi connectivity index (χ4v) is 4.49. The Bertz CT molecular complexity index is 1250. The van der Waals surface area contributed by atoms with Crippen LogP contribution in [0.5, 0.6) is 0 Å². The monoisotopic (exact) mass is 457 g/mol. The molecule has 1 atom stereocenters. The molecule has 0 bridgehead atoms. The molecule has 0 aliphatic carbocycles. The van der Waals surface area contributed by atoms with Crippen LogP contribution < -0.4 is 4.90 Å². The second-order valence-electron chi connectivity index (χ2n) is 8.94. The first kappa shape index (κ1) is 22.1. The highest BCUT2D eigenvalue weighted by Gasteiger charge is 2.33. The molecule has 6 nitrogen and oxygen atoms in total. The van der Waals surface area contributed by atoms with Crippen LogP contribution in [0.2, 0.25) is 0 Å². The molecule has 2 heterocycles. The van der Waals surface area contributed by atoms with E-state index in [-0.39, 0.29) is 17.8 Å². The van der Waals surface area contributed by atoms with Gasteiger partial charge in [-0.05, 0) is 54.1 Å². The Morgan fingerprint density at radius 3 is 2.47 bits per heavy atom. The molecule has 1 aliphatic heterocycles. The lowest BCUT2D eigenvalue weighted by atomic mass is 10.1. The van der Waals surface area contributed by atoms with E-state index in [1.165, 1.54) is 12.1 Å². The number of carbonyl (C=O) groups is 1. The van der Waals surface area contributed by atoms with Gasteiger partial charge >= 0.3 is 0 Å². The highest BCUT2D eigenvalue weighted by atomic mass is 19.1. The van der Waals surface area contributed by atoms with E-state index in [2.05, 4.69) is 9.88 Å². The maximum atomic E-state index is 13.4. The lowest BCUT2D eigenvalue weighted by Crippen LogP contribution is -2.50. The molecule has 1 aromatic heterocycles. The predicted molar refractivity (Wildman–Crippen MR) is 132 cm³/mol. The zero-order valence-electron chi connectivity index (χ0n) is 19.4. The summed E-state index contributed by atoms with van der Waals surface area (Å²) in [6.07, 6.45) is 0. The first-order valence-corrected chi connectivity index (χ1v) is 11.5. The Balaban J connectivity index is 1.42. The molecule has 174 valence electrons. The van der Waals surface area contributed by atoms with Crippen molar-refractivity contribution in [1.29, 1.82) is 0 Å². The zero-order valence-corrected chi connectivity index (χ0v) is 19.4. The van der Waals surface area contributed by atoms with Crippen molar-refractivity contribution in [2.45, 2.75) is 12.6 Å². The molecule has 1 unspecified atom stereocenters. The quantitative estimate of drug-likeness (QED) is 0.481. The molecule has 1 N–H and O–H groups in total. The minimum absolute atomic E-state index is 0.0212. The van der Waals surface area contributed by atoms with E-state index < -0.39 is 0 Å². The lowest BCUT2D eigenvalue weighted by Gasteiger charge is -2.40. The van der Waals surface area contributed by atoms with Crippen LogP contribution in [0, 0.1) is 5.82 Å². The van der Waals surface area contributed by atoms with Crippen LogP contribution >= 0.6 is 0 Å². The molecule has 1 saturated heterocycles. The Hall–Kier alpha value is -3.71. The smallest absolute Gasteiger partial charge is 0.253 e. The fraction of sp³-hybridized carbons (Fsp3) is 0.259. The van der Waals surface area contributed by atoms with E-state index >= 15 is 0 Å². The van der Waals surface area contributed by atoms with E-state index in [1.807, 2.05) is 84.6 Å². The van der Waals surface area contributed by atoms with Gasteiger partial charge in [0.05, 0.1) is 17.1 Å². The van der Waals surface area contributed by atoms with Gasteiger partial charge in [0.25, 0.3) is 5.91 Å². The van der Waals surface area contributed by atoms with Gasteiger partial charge in [-0.1, -0.05) is 24.3 Å². The molecule has 0 saturated carbocycles. The number of hydrogen-bond acceptors (Lipinski definition) is 4. The molecule has 0 spiro atoms. The summed E-state index contributed by atoms with van der Waals surface area (Å²) < 4.78 is 13.4. The van der Waals surface area contributed by atoms with E-state index in [4.69, 9.17) is 4.98 Å². The summed E-state index contributed by atoms with van der Waals surface area (Å²) in [6, 6.07) is 22.2. The number of hydrogen-bond donors (Lipinski definition) is 1. The number of anilines is 1. The second kappa shape index (κ2) is 9.27. The van der Waals surface area contributed by atoms with Gasteiger partial charge in [-0.3, -0.25) is 9.69 Å². The molecule has 34 heavy (non-hydrogen) atoms. The van der Waals surface area contributed by atoms with Crippen molar-refractivity contribution in [1.82, 2.24) is 19.8 Å². The maximum absolute atomic E-state index is 13.4. The number of para-hydroxylation sites is 2. The van der Waals surface area contributed by atoms with Gasteiger partial charge in [0.2, 0.25) is 0 Å². The largest absolute Gasteiger partial charge is 0.378 e. The number of nitrogens with one attached hydrogen (secondary N) is 1. The molecule has 1 aliphatic rings. The van der Waals surface area contributed by atoms with Crippen LogP contribution in [0.3, 0.4) is 0 Å². The number of aromatic nitrogens is 2.